The Morgan fingerprint density at radius 2 is 1.86 bits per heavy atom. The Kier molecular flexibility index (Phi) is 3.84. The predicted molar refractivity (Wildman–Crippen MR) is 84.9 cm³/mol. The molecular weight excluding hydrogens is 260 g/mol. The molecule has 0 unspecified atom stereocenters. The number of aliphatic hydroxyl groups excluding tert-OH is 1. The lowest BCUT2D eigenvalue weighted by Gasteiger charge is -2.09. The van der Waals surface area contributed by atoms with E-state index in [1.807, 2.05) is 10.8 Å². The molecule has 0 aliphatic heterocycles. The van der Waals surface area contributed by atoms with Gasteiger partial charge in [0.05, 0.1) is 6.61 Å². The Hall–Kier alpha value is -2.39. The molecule has 3 nitrogen and oxygen atoms in total. The minimum atomic E-state index is 0.112. The lowest BCUT2D eigenvalue weighted by atomic mass is 9.99. The summed E-state index contributed by atoms with van der Waals surface area (Å²) in [4.78, 5) is 4.41. The maximum atomic E-state index is 9.13. The molecule has 106 valence electrons. The first kappa shape index (κ1) is 13.6. The summed E-state index contributed by atoms with van der Waals surface area (Å²) in [5.74, 6) is 0.888. The number of aromatic nitrogens is 2. The quantitative estimate of drug-likeness (QED) is 0.793. The lowest BCUT2D eigenvalue weighted by molar-refractivity contribution is 0.276. The average Bonchev–Trinajstić information content (AvgIpc) is 2.97. The van der Waals surface area contributed by atoms with E-state index in [0.29, 0.717) is 6.54 Å². The lowest BCUT2D eigenvalue weighted by Crippen LogP contribution is -2.02. The van der Waals surface area contributed by atoms with Crippen LogP contribution in [0.5, 0.6) is 0 Å². The molecule has 0 atom stereocenters. The minimum absolute atomic E-state index is 0.112. The first-order valence-electron chi connectivity index (χ1n) is 7.08. The number of hydrogen-bond acceptors (Lipinski definition) is 2. The van der Waals surface area contributed by atoms with Crippen LogP contribution in [0.25, 0.3) is 22.5 Å². The second kappa shape index (κ2) is 5.94. The fourth-order valence-electron chi connectivity index (χ4n) is 2.58. The molecule has 3 rings (SSSR count). The van der Waals surface area contributed by atoms with Crippen molar-refractivity contribution in [3.05, 3.63) is 66.5 Å². The highest BCUT2D eigenvalue weighted by atomic mass is 16.3. The second-order valence-electron chi connectivity index (χ2n) is 5.06. The third-order valence-electron chi connectivity index (χ3n) is 3.63. The van der Waals surface area contributed by atoms with E-state index in [1.165, 1.54) is 16.7 Å². The summed E-state index contributed by atoms with van der Waals surface area (Å²) in [6.45, 7) is 2.79. The van der Waals surface area contributed by atoms with E-state index in [2.05, 4.69) is 60.4 Å². The van der Waals surface area contributed by atoms with Crippen molar-refractivity contribution in [1.82, 2.24) is 9.55 Å². The van der Waals surface area contributed by atoms with E-state index in [9.17, 15) is 0 Å². The first-order valence-corrected chi connectivity index (χ1v) is 7.08. The number of aliphatic hydroxyl groups is 1. The van der Waals surface area contributed by atoms with Gasteiger partial charge in [-0.05, 0) is 29.7 Å². The maximum Gasteiger partial charge on any atom is 0.139 e. The third-order valence-corrected chi connectivity index (χ3v) is 3.63. The molecule has 0 spiro atoms. The zero-order chi connectivity index (χ0) is 14.7. The molecule has 0 radical (unpaired) electrons. The number of nitrogens with zero attached hydrogens (tertiary/aromatic N) is 2. The molecule has 1 aromatic heterocycles. The highest BCUT2D eigenvalue weighted by Gasteiger charge is 2.08. The van der Waals surface area contributed by atoms with E-state index in [4.69, 9.17) is 5.11 Å². The minimum Gasteiger partial charge on any atom is -0.395 e. The van der Waals surface area contributed by atoms with Crippen LogP contribution in [0.4, 0.5) is 0 Å². The van der Waals surface area contributed by atoms with Gasteiger partial charge in [-0.2, -0.15) is 0 Å². The van der Waals surface area contributed by atoms with Gasteiger partial charge < -0.3 is 9.67 Å². The average molecular weight is 278 g/mol. The van der Waals surface area contributed by atoms with Gasteiger partial charge in [0.2, 0.25) is 0 Å². The fourth-order valence-corrected chi connectivity index (χ4v) is 2.58. The molecule has 1 N–H and O–H groups in total. The maximum absolute atomic E-state index is 9.13. The van der Waals surface area contributed by atoms with Crippen molar-refractivity contribution >= 4 is 0 Å². The van der Waals surface area contributed by atoms with E-state index in [-0.39, 0.29) is 6.61 Å². The third kappa shape index (κ3) is 2.73. The van der Waals surface area contributed by atoms with E-state index in [1.54, 1.807) is 6.20 Å². The van der Waals surface area contributed by atoms with Crippen molar-refractivity contribution in [2.75, 3.05) is 6.61 Å². The smallest absolute Gasteiger partial charge is 0.139 e. The molecule has 0 saturated heterocycles. The topological polar surface area (TPSA) is 38.0 Å². The Bertz CT molecular complexity index is 746. The summed E-state index contributed by atoms with van der Waals surface area (Å²) in [5, 5.41) is 9.13. The van der Waals surface area contributed by atoms with Crippen LogP contribution < -0.4 is 0 Å². The Labute approximate surface area is 124 Å². The zero-order valence-electron chi connectivity index (χ0n) is 12.0. The van der Waals surface area contributed by atoms with Crippen molar-refractivity contribution in [2.45, 2.75) is 13.5 Å². The van der Waals surface area contributed by atoms with Crippen molar-refractivity contribution in [2.24, 2.45) is 0 Å². The first-order chi connectivity index (χ1) is 10.3. The predicted octanol–water partition coefficient (Wildman–Crippen LogP) is 3.52. The second-order valence-corrected chi connectivity index (χ2v) is 5.06. The molecule has 0 fully saturated rings. The molecule has 0 aliphatic carbocycles. The van der Waals surface area contributed by atoms with E-state index < -0.39 is 0 Å². The van der Waals surface area contributed by atoms with Crippen molar-refractivity contribution in [3.8, 4) is 22.5 Å². The summed E-state index contributed by atoms with van der Waals surface area (Å²) in [6.07, 6.45) is 3.66. The Morgan fingerprint density at radius 3 is 2.67 bits per heavy atom. The SMILES string of the molecule is Cc1ccccc1-c1cccc(-c2nccn2CCO)c1. The number of hydrogen-bond donors (Lipinski definition) is 1. The standard InChI is InChI=1S/C18H18N2O/c1-14-5-2-3-8-17(14)15-6-4-7-16(13-15)18-19-9-10-20(18)11-12-21/h2-10,13,21H,11-12H2,1H3. The van der Waals surface area contributed by atoms with Gasteiger partial charge in [0.1, 0.15) is 5.82 Å². The van der Waals surface area contributed by atoms with Crippen molar-refractivity contribution in [3.63, 3.8) is 0 Å². The van der Waals surface area contributed by atoms with Crippen LogP contribution in [-0.4, -0.2) is 21.3 Å². The van der Waals surface area contributed by atoms with Crippen LogP contribution in [0.2, 0.25) is 0 Å². The van der Waals surface area contributed by atoms with Gasteiger partial charge in [-0.1, -0.05) is 42.5 Å². The van der Waals surface area contributed by atoms with Crippen LogP contribution >= 0.6 is 0 Å². The number of aryl methyl sites for hydroxylation is 1. The van der Waals surface area contributed by atoms with Gasteiger partial charge in [-0.25, -0.2) is 4.98 Å². The summed E-state index contributed by atoms with van der Waals surface area (Å²) in [7, 11) is 0. The highest BCUT2D eigenvalue weighted by Crippen LogP contribution is 2.27. The summed E-state index contributed by atoms with van der Waals surface area (Å²) < 4.78 is 1.97. The van der Waals surface area contributed by atoms with Gasteiger partial charge >= 0.3 is 0 Å². The molecule has 0 saturated carbocycles. The van der Waals surface area contributed by atoms with Crippen molar-refractivity contribution < 1.29 is 5.11 Å². The van der Waals surface area contributed by atoms with Crippen LogP contribution in [0, 0.1) is 6.92 Å². The number of rotatable bonds is 4. The Morgan fingerprint density at radius 1 is 1.05 bits per heavy atom. The van der Waals surface area contributed by atoms with Crippen LogP contribution in [0.1, 0.15) is 5.56 Å². The van der Waals surface area contributed by atoms with Gasteiger partial charge in [0, 0.05) is 24.5 Å². The summed E-state index contributed by atoms with van der Waals surface area (Å²) >= 11 is 0. The summed E-state index contributed by atoms with van der Waals surface area (Å²) in [5.41, 5.74) is 4.74. The molecule has 1 heterocycles. The molecule has 0 bridgehead atoms. The van der Waals surface area contributed by atoms with Crippen LogP contribution in [0.15, 0.2) is 60.9 Å². The Balaban J connectivity index is 2.04. The largest absolute Gasteiger partial charge is 0.395 e. The van der Waals surface area contributed by atoms with E-state index >= 15 is 0 Å². The van der Waals surface area contributed by atoms with Gasteiger partial charge in [0.25, 0.3) is 0 Å². The van der Waals surface area contributed by atoms with Gasteiger partial charge in [0.15, 0.2) is 0 Å². The van der Waals surface area contributed by atoms with Gasteiger partial charge in [-0.3, -0.25) is 0 Å². The van der Waals surface area contributed by atoms with Crippen LogP contribution in [0.3, 0.4) is 0 Å². The molecule has 21 heavy (non-hydrogen) atoms. The molecule has 3 aromatic rings. The molecular formula is C18H18N2O. The molecule has 2 aromatic carbocycles. The monoisotopic (exact) mass is 278 g/mol. The number of imidazole rings is 1. The number of benzene rings is 2. The van der Waals surface area contributed by atoms with Crippen LogP contribution in [-0.2, 0) is 6.54 Å². The van der Waals surface area contributed by atoms with E-state index in [0.717, 1.165) is 11.4 Å². The van der Waals surface area contributed by atoms with Crippen molar-refractivity contribution in [1.29, 1.82) is 0 Å². The highest BCUT2D eigenvalue weighted by molar-refractivity contribution is 5.72. The zero-order valence-corrected chi connectivity index (χ0v) is 12.0. The summed E-state index contributed by atoms with van der Waals surface area (Å²) in [6, 6.07) is 16.7. The molecule has 3 heteroatoms. The fraction of sp³-hybridized carbons (Fsp3) is 0.167. The molecule has 0 amide bonds. The normalized spacial score (nSPS) is 10.8. The van der Waals surface area contributed by atoms with Gasteiger partial charge in [-0.15, -0.1) is 0 Å². The molecule has 0 aliphatic rings.